The maximum absolute atomic E-state index is 5.55. The topological polar surface area (TPSA) is 53.6 Å². The molecule has 0 saturated carbocycles. The molecule has 0 aromatic heterocycles. The number of nitrogens with one attached hydrogen (secondary N) is 1. The van der Waals surface area contributed by atoms with Gasteiger partial charge in [-0.1, -0.05) is 0 Å². The molecule has 0 heterocycles. The van der Waals surface area contributed by atoms with Gasteiger partial charge in [0, 0.05) is 13.1 Å². The van der Waals surface area contributed by atoms with Gasteiger partial charge in [-0.05, 0) is 40.4 Å². The molecule has 0 aliphatic rings. The van der Waals surface area contributed by atoms with Crippen molar-refractivity contribution in [1.82, 2.24) is 10.2 Å². The number of hydrogen-bond acceptors (Lipinski definition) is 2. The predicted molar refractivity (Wildman–Crippen MR) is 58.0 cm³/mol. The van der Waals surface area contributed by atoms with Crippen molar-refractivity contribution >= 4 is 5.96 Å². The molecule has 0 aromatic rings. The average Bonchev–Trinajstić information content (AvgIpc) is 2.03. The van der Waals surface area contributed by atoms with Crippen LogP contribution in [0.25, 0.3) is 0 Å². The summed E-state index contributed by atoms with van der Waals surface area (Å²) in [6.45, 7) is 4.80. The van der Waals surface area contributed by atoms with Gasteiger partial charge in [0.15, 0.2) is 5.96 Å². The summed E-state index contributed by atoms with van der Waals surface area (Å²) in [5.74, 6) is 0.562. The molecule has 4 heteroatoms. The Balaban J connectivity index is 3.28. The number of aliphatic imine (C=N–C) groups is 1. The second-order valence-corrected chi connectivity index (χ2v) is 3.31. The highest BCUT2D eigenvalue weighted by Gasteiger charge is 1.91. The van der Waals surface area contributed by atoms with Crippen LogP contribution in [0.15, 0.2) is 4.99 Å². The molecule has 0 rings (SSSR count). The van der Waals surface area contributed by atoms with Gasteiger partial charge < -0.3 is 16.0 Å². The summed E-state index contributed by atoms with van der Waals surface area (Å²) in [6.07, 6.45) is 2.28. The van der Waals surface area contributed by atoms with Crippen LogP contribution in [0.3, 0.4) is 0 Å². The highest BCUT2D eigenvalue weighted by Crippen LogP contribution is 1.90. The zero-order valence-corrected chi connectivity index (χ0v) is 9.01. The lowest BCUT2D eigenvalue weighted by molar-refractivity contribution is 0.396. The fourth-order valence-corrected chi connectivity index (χ4v) is 0.976. The zero-order chi connectivity index (χ0) is 10.1. The first-order chi connectivity index (χ1) is 6.16. The molecule has 4 nitrogen and oxygen atoms in total. The quantitative estimate of drug-likeness (QED) is 0.355. The maximum Gasteiger partial charge on any atom is 0.188 e. The Bertz CT molecular complexity index is 143. The van der Waals surface area contributed by atoms with Gasteiger partial charge in [0.1, 0.15) is 0 Å². The third kappa shape index (κ3) is 9.14. The van der Waals surface area contributed by atoms with E-state index in [0.29, 0.717) is 5.96 Å². The lowest BCUT2D eigenvalue weighted by Crippen LogP contribution is -2.31. The van der Waals surface area contributed by atoms with Crippen molar-refractivity contribution < 1.29 is 0 Å². The molecule has 13 heavy (non-hydrogen) atoms. The van der Waals surface area contributed by atoms with Crippen LogP contribution >= 0.6 is 0 Å². The van der Waals surface area contributed by atoms with Gasteiger partial charge in [-0.15, -0.1) is 0 Å². The van der Waals surface area contributed by atoms with Crippen molar-refractivity contribution in [2.24, 2.45) is 10.7 Å². The molecule has 0 aromatic carbocycles. The summed E-state index contributed by atoms with van der Waals surface area (Å²) in [7, 11) is 4.16. The minimum Gasteiger partial charge on any atom is -0.370 e. The van der Waals surface area contributed by atoms with E-state index in [4.69, 9.17) is 5.73 Å². The van der Waals surface area contributed by atoms with E-state index in [-0.39, 0.29) is 0 Å². The monoisotopic (exact) mass is 186 g/mol. The molecule has 0 atom stereocenters. The minimum atomic E-state index is 0.562. The summed E-state index contributed by atoms with van der Waals surface area (Å²) in [5.41, 5.74) is 5.55. The molecular formula is C9H22N4. The number of nitrogens with two attached hydrogens (primary N) is 1. The maximum atomic E-state index is 5.55. The Morgan fingerprint density at radius 1 is 1.38 bits per heavy atom. The van der Waals surface area contributed by atoms with Crippen molar-refractivity contribution in [3.63, 3.8) is 0 Å². The van der Waals surface area contributed by atoms with Gasteiger partial charge >= 0.3 is 0 Å². The lowest BCUT2D eigenvalue weighted by atomic mass is 10.3. The summed E-state index contributed by atoms with van der Waals surface area (Å²) in [4.78, 5) is 6.35. The van der Waals surface area contributed by atoms with E-state index >= 15 is 0 Å². The average molecular weight is 186 g/mol. The second kappa shape index (κ2) is 7.86. The van der Waals surface area contributed by atoms with Crippen molar-refractivity contribution in [1.29, 1.82) is 0 Å². The number of hydrogen-bond donors (Lipinski definition) is 2. The van der Waals surface area contributed by atoms with E-state index in [2.05, 4.69) is 29.3 Å². The van der Waals surface area contributed by atoms with E-state index in [1.807, 2.05) is 6.92 Å². The van der Waals surface area contributed by atoms with Gasteiger partial charge in [0.05, 0.1) is 0 Å². The van der Waals surface area contributed by atoms with Gasteiger partial charge in [-0.2, -0.15) is 0 Å². The highest BCUT2D eigenvalue weighted by molar-refractivity contribution is 5.77. The van der Waals surface area contributed by atoms with Crippen molar-refractivity contribution in [3.8, 4) is 0 Å². The largest absolute Gasteiger partial charge is 0.370 e. The van der Waals surface area contributed by atoms with Gasteiger partial charge in [0.2, 0.25) is 0 Å². The number of rotatable bonds is 6. The van der Waals surface area contributed by atoms with Crippen LogP contribution in [-0.2, 0) is 0 Å². The zero-order valence-electron chi connectivity index (χ0n) is 9.01. The van der Waals surface area contributed by atoms with Crippen LogP contribution in [0.5, 0.6) is 0 Å². The Labute approximate surface area is 81.2 Å². The van der Waals surface area contributed by atoms with Gasteiger partial charge in [-0.3, -0.25) is 4.99 Å². The summed E-state index contributed by atoms with van der Waals surface area (Å²) >= 11 is 0. The first-order valence-electron chi connectivity index (χ1n) is 4.85. The normalized spacial score (nSPS) is 12.2. The Kier molecular flexibility index (Phi) is 7.39. The summed E-state index contributed by atoms with van der Waals surface area (Å²) in [5, 5.41) is 2.96. The molecule has 0 radical (unpaired) electrons. The number of nitrogens with zero attached hydrogens (tertiary/aromatic N) is 2. The molecule has 0 bridgehead atoms. The van der Waals surface area contributed by atoms with Crippen LogP contribution in [0.4, 0.5) is 0 Å². The fraction of sp³-hybridized carbons (Fsp3) is 0.889. The third-order valence-electron chi connectivity index (χ3n) is 1.65. The first kappa shape index (κ1) is 12.2. The smallest absolute Gasteiger partial charge is 0.188 e. The SMILES string of the molecule is CCNC(N)=NCCCCN(C)C. The second-order valence-electron chi connectivity index (χ2n) is 3.31. The first-order valence-corrected chi connectivity index (χ1v) is 4.85. The molecule has 78 valence electrons. The molecular weight excluding hydrogens is 164 g/mol. The summed E-state index contributed by atoms with van der Waals surface area (Å²) in [6, 6.07) is 0. The van der Waals surface area contributed by atoms with Crippen LogP contribution in [-0.4, -0.2) is 44.6 Å². The standard InChI is InChI=1S/C9H22N4/c1-4-11-9(10)12-7-5-6-8-13(2)3/h4-8H2,1-3H3,(H3,10,11,12). The molecule has 0 fully saturated rings. The van der Waals surface area contributed by atoms with E-state index in [0.717, 1.165) is 26.1 Å². The molecule has 0 aliphatic carbocycles. The van der Waals surface area contributed by atoms with Crippen LogP contribution < -0.4 is 11.1 Å². The van der Waals surface area contributed by atoms with E-state index in [1.165, 1.54) is 6.42 Å². The molecule has 0 spiro atoms. The van der Waals surface area contributed by atoms with Crippen LogP contribution in [0.1, 0.15) is 19.8 Å². The van der Waals surface area contributed by atoms with E-state index in [9.17, 15) is 0 Å². The fourth-order valence-electron chi connectivity index (χ4n) is 0.976. The Morgan fingerprint density at radius 3 is 2.62 bits per heavy atom. The van der Waals surface area contributed by atoms with E-state index in [1.54, 1.807) is 0 Å². The predicted octanol–water partition coefficient (Wildman–Crippen LogP) is 0.252. The molecule has 3 N–H and O–H groups in total. The van der Waals surface area contributed by atoms with Gasteiger partial charge in [-0.25, -0.2) is 0 Å². The molecule has 0 saturated heterocycles. The Hall–Kier alpha value is -0.770. The van der Waals surface area contributed by atoms with Crippen molar-refractivity contribution in [2.45, 2.75) is 19.8 Å². The molecule has 0 aliphatic heterocycles. The number of unbranched alkanes of at least 4 members (excludes halogenated alkanes) is 1. The molecule has 0 amide bonds. The highest BCUT2D eigenvalue weighted by atomic mass is 15.1. The van der Waals surface area contributed by atoms with E-state index < -0.39 is 0 Å². The number of guanidine groups is 1. The van der Waals surface area contributed by atoms with Gasteiger partial charge in [0.25, 0.3) is 0 Å². The third-order valence-corrected chi connectivity index (χ3v) is 1.65. The Morgan fingerprint density at radius 2 is 2.08 bits per heavy atom. The van der Waals surface area contributed by atoms with Crippen LogP contribution in [0, 0.1) is 0 Å². The molecule has 0 unspecified atom stereocenters. The van der Waals surface area contributed by atoms with Crippen LogP contribution in [0.2, 0.25) is 0 Å². The van der Waals surface area contributed by atoms with Crippen molar-refractivity contribution in [2.75, 3.05) is 33.7 Å². The minimum absolute atomic E-state index is 0.562. The lowest BCUT2D eigenvalue weighted by Gasteiger charge is -2.07. The van der Waals surface area contributed by atoms with Crippen molar-refractivity contribution in [3.05, 3.63) is 0 Å². The summed E-state index contributed by atoms with van der Waals surface area (Å²) < 4.78 is 0.